The van der Waals surface area contributed by atoms with E-state index < -0.39 is 9.70 Å². The Hall–Kier alpha value is -0.0300. The number of amides is 1. The van der Waals surface area contributed by atoms with E-state index in [2.05, 4.69) is 4.99 Å². The van der Waals surface area contributed by atoms with Crippen LogP contribution in [-0.4, -0.2) is 14.3 Å². The van der Waals surface area contributed by atoms with Crippen molar-refractivity contribution < 1.29 is 4.79 Å². The fourth-order valence-corrected chi connectivity index (χ4v) is 1.70. The molecule has 0 saturated heterocycles. The zero-order valence-corrected chi connectivity index (χ0v) is 10.5. The summed E-state index contributed by atoms with van der Waals surface area (Å²) in [6.07, 6.45) is 0. The maximum absolute atomic E-state index is 11.2. The van der Waals surface area contributed by atoms with Crippen LogP contribution in [0.1, 0.15) is 5.69 Å². The average Bonchev–Trinajstić information content (AvgIpc) is 2.34. The van der Waals surface area contributed by atoms with Crippen LogP contribution >= 0.6 is 46.1 Å². The van der Waals surface area contributed by atoms with Crippen LogP contribution in [0.3, 0.4) is 0 Å². The van der Waals surface area contributed by atoms with Gasteiger partial charge in [-0.3, -0.25) is 4.79 Å². The summed E-state index contributed by atoms with van der Waals surface area (Å²) >= 11 is 17.4. The van der Waals surface area contributed by atoms with Gasteiger partial charge in [-0.15, -0.1) is 11.3 Å². The quantitative estimate of drug-likeness (QED) is 0.667. The lowest BCUT2D eigenvalue weighted by Crippen LogP contribution is -2.22. The molecular formula is C7H7Cl3N2OS. The first-order chi connectivity index (χ1) is 6.32. The Morgan fingerprint density at radius 2 is 2.14 bits per heavy atom. The summed E-state index contributed by atoms with van der Waals surface area (Å²) in [5.41, 5.74) is 0.992. The topological polar surface area (TPSA) is 34.4 Å². The lowest BCUT2D eigenvalue weighted by Gasteiger charge is -2.03. The van der Waals surface area contributed by atoms with Crippen molar-refractivity contribution >= 4 is 52.0 Å². The number of nitrogens with zero attached hydrogens (tertiary/aromatic N) is 2. The van der Waals surface area contributed by atoms with Crippen LogP contribution in [0.25, 0.3) is 0 Å². The summed E-state index contributed by atoms with van der Waals surface area (Å²) in [5, 5.41) is 1.87. The molecule has 0 unspecified atom stereocenters. The molecule has 0 bridgehead atoms. The maximum atomic E-state index is 11.2. The molecule has 0 radical (unpaired) electrons. The zero-order valence-electron chi connectivity index (χ0n) is 7.42. The smallest absolute Gasteiger partial charge is 0.300 e. The van der Waals surface area contributed by atoms with Gasteiger partial charge in [-0.1, -0.05) is 34.8 Å². The Morgan fingerprint density at radius 3 is 2.50 bits per heavy atom. The van der Waals surface area contributed by atoms with Crippen LogP contribution in [0.5, 0.6) is 0 Å². The lowest BCUT2D eigenvalue weighted by molar-refractivity contribution is -0.117. The van der Waals surface area contributed by atoms with E-state index in [0.29, 0.717) is 4.80 Å². The molecule has 1 amide bonds. The largest absolute Gasteiger partial charge is 0.324 e. The number of carbonyl (C=O) groups is 1. The summed E-state index contributed by atoms with van der Waals surface area (Å²) in [4.78, 5) is 15.4. The zero-order chi connectivity index (χ0) is 10.9. The second kappa shape index (κ2) is 4.23. The van der Waals surface area contributed by atoms with Gasteiger partial charge in [0.2, 0.25) is 0 Å². The molecule has 1 rings (SSSR count). The van der Waals surface area contributed by atoms with Crippen molar-refractivity contribution in [1.82, 2.24) is 4.57 Å². The van der Waals surface area contributed by atoms with Crippen LogP contribution in [0.2, 0.25) is 0 Å². The number of aromatic nitrogens is 1. The van der Waals surface area contributed by atoms with Gasteiger partial charge in [0, 0.05) is 18.1 Å². The Morgan fingerprint density at radius 1 is 1.57 bits per heavy atom. The molecule has 7 heteroatoms. The van der Waals surface area contributed by atoms with Crippen LogP contribution in [0.15, 0.2) is 10.4 Å². The number of hydrogen-bond acceptors (Lipinski definition) is 2. The van der Waals surface area contributed by atoms with E-state index in [4.69, 9.17) is 34.8 Å². The molecule has 1 heterocycles. The molecule has 0 fully saturated rings. The molecule has 0 N–H and O–H groups in total. The monoisotopic (exact) mass is 272 g/mol. The van der Waals surface area contributed by atoms with E-state index in [1.54, 1.807) is 11.6 Å². The molecule has 0 saturated carbocycles. The van der Waals surface area contributed by atoms with Gasteiger partial charge in [0.05, 0.1) is 0 Å². The molecule has 78 valence electrons. The average molecular weight is 274 g/mol. The molecule has 3 nitrogen and oxygen atoms in total. The van der Waals surface area contributed by atoms with Gasteiger partial charge in [0.1, 0.15) is 0 Å². The van der Waals surface area contributed by atoms with Crippen molar-refractivity contribution in [2.45, 2.75) is 10.7 Å². The Labute approximate surface area is 99.9 Å². The number of rotatable bonds is 0. The highest BCUT2D eigenvalue weighted by Crippen LogP contribution is 2.27. The third-order valence-corrected chi connectivity index (χ3v) is 3.11. The van der Waals surface area contributed by atoms with Crippen molar-refractivity contribution in [1.29, 1.82) is 0 Å². The van der Waals surface area contributed by atoms with Crippen LogP contribution in [0.4, 0.5) is 0 Å². The maximum Gasteiger partial charge on any atom is 0.300 e. The van der Waals surface area contributed by atoms with Crippen LogP contribution in [-0.2, 0) is 11.8 Å². The third kappa shape index (κ3) is 2.73. The van der Waals surface area contributed by atoms with Gasteiger partial charge in [-0.05, 0) is 6.92 Å². The first-order valence-electron chi connectivity index (χ1n) is 3.59. The molecule has 1 aromatic heterocycles. The number of carbonyl (C=O) groups excluding carboxylic acids is 1. The summed E-state index contributed by atoms with van der Waals surface area (Å²) < 4.78 is -0.232. The number of aryl methyl sites for hydroxylation is 1. The molecule has 0 aromatic carbocycles. The summed E-state index contributed by atoms with van der Waals surface area (Å²) in [6, 6.07) is 0. The highest BCUT2D eigenvalue weighted by Gasteiger charge is 2.30. The Balaban J connectivity index is 3.12. The minimum Gasteiger partial charge on any atom is -0.324 e. The Bertz CT molecular complexity index is 415. The standard InChI is InChI=1S/C7H7Cl3N2OS/c1-4-3-14-6(12(4)2)11-5(13)7(8,9)10/h3H,1-2H3. The first-order valence-corrected chi connectivity index (χ1v) is 5.60. The molecule has 1 aromatic rings. The second-order valence-electron chi connectivity index (χ2n) is 2.63. The first kappa shape index (κ1) is 12.0. The van der Waals surface area contributed by atoms with Gasteiger partial charge >= 0.3 is 0 Å². The van der Waals surface area contributed by atoms with Gasteiger partial charge in [-0.25, -0.2) is 0 Å². The van der Waals surface area contributed by atoms with Gasteiger partial charge < -0.3 is 4.57 Å². The third-order valence-electron chi connectivity index (χ3n) is 1.59. The van der Waals surface area contributed by atoms with E-state index in [1.165, 1.54) is 11.3 Å². The van der Waals surface area contributed by atoms with E-state index >= 15 is 0 Å². The minimum atomic E-state index is -1.98. The molecule has 0 aliphatic heterocycles. The summed E-state index contributed by atoms with van der Waals surface area (Å²) in [7, 11) is 1.79. The van der Waals surface area contributed by atoms with Crippen LogP contribution < -0.4 is 4.80 Å². The van der Waals surface area contributed by atoms with Gasteiger partial charge in [-0.2, -0.15) is 4.99 Å². The SMILES string of the molecule is Cc1csc(=NC(=O)C(Cl)(Cl)Cl)n1C. The van der Waals surface area contributed by atoms with Crippen molar-refractivity contribution in [3.63, 3.8) is 0 Å². The fraction of sp³-hybridized carbons (Fsp3) is 0.429. The Kier molecular flexibility index (Phi) is 3.63. The molecule has 0 aliphatic carbocycles. The molecule has 0 aliphatic rings. The van der Waals surface area contributed by atoms with Gasteiger partial charge in [0.25, 0.3) is 9.70 Å². The number of alkyl halides is 3. The van der Waals surface area contributed by atoms with E-state index in [1.807, 2.05) is 12.3 Å². The molecule has 0 atom stereocenters. The second-order valence-corrected chi connectivity index (χ2v) is 5.75. The van der Waals surface area contributed by atoms with Crippen molar-refractivity contribution in [3.05, 3.63) is 15.9 Å². The number of halogens is 3. The highest BCUT2D eigenvalue weighted by atomic mass is 35.6. The molecular weight excluding hydrogens is 267 g/mol. The van der Waals surface area contributed by atoms with E-state index in [9.17, 15) is 4.79 Å². The summed E-state index contributed by atoms with van der Waals surface area (Å²) in [6.45, 7) is 1.90. The fourth-order valence-electron chi connectivity index (χ4n) is 0.699. The van der Waals surface area contributed by atoms with Crippen LogP contribution in [0, 0.1) is 6.92 Å². The predicted octanol–water partition coefficient (Wildman–Crippen LogP) is 2.19. The predicted molar refractivity (Wildman–Crippen MR) is 58.9 cm³/mol. The van der Waals surface area contributed by atoms with E-state index in [-0.39, 0.29) is 0 Å². The normalized spacial score (nSPS) is 13.4. The van der Waals surface area contributed by atoms with E-state index in [0.717, 1.165) is 5.69 Å². The highest BCUT2D eigenvalue weighted by molar-refractivity contribution is 7.07. The minimum absolute atomic E-state index is 0.513. The summed E-state index contributed by atoms with van der Waals surface area (Å²) in [5.74, 6) is -0.778. The lowest BCUT2D eigenvalue weighted by atomic mass is 10.6. The molecule has 14 heavy (non-hydrogen) atoms. The number of hydrogen-bond donors (Lipinski definition) is 0. The van der Waals surface area contributed by atoms with Crippen molar-refractivity contribution in [3.8, 4) is 0 Å². The van der Waals surface area contributed by atoms with Crippen molar-refractivity contribution in [2.75, 3.05) is 0 Å². The van der Waals surface area contributed by atoms with Gasteiger partial charge in [0.15, 0.2) is 4.80 Å². The number of thiazole rings is 1. The van der Waals surface area contributed by atoms with Crippen molar-refractivity contribution in [2.24, 2.45) is 12.0 Å². The molecule has 0 spiro atoms.